The van der Waals surface area contributed by atoms with E-state index in [1.807, 2.05) is 0 Å². The number of hydrogen-bond donors (Lipinski definition) is 0. The summed E-state index contributed by atoms with van der Waals surface area (Å²) in [6.07, 6.45) is 0. The van der Waals surface area contributed by atoms with Gasteiger partial charge in [0.15, 0.2) is 0 Å². The molecular weight excluding hydrogens is 861 g/mol. The maximum Gasteiger partial charge on any atom is 0.143 e. The van der Waals surface area contributed by atoms with E-state index in [9.17, 15) is 0 Å². The first-order valence-corrected chi connectivity index (χ1v) is 24.3. The molecule has 0 spiro atoms. The van der Waals surface area contributed by atoms with Crippen LogP contribution < -0.4 is 4.90 Å². The molecule has 332 valence electrons. The first kappa shape index (κ1) is 40.6. The zero-order chi connectivity index (χ0) is 46.8. The van der Waals surface area contributed by atoms with Crippen LogP contribution in [0.25, 0.3) is 115 Å². The van der Waals surface area contributed by atoms with E-state index >= 15 is 0 Å². The van der Waals surface area contributed by atoms with Gasteiger partial charge in [-0.3, -0.25) is 0 Å². The number of anilines is 3. The number of para-hydroxylation sites is 2. The van der Waals surface area contributed by atoms with Crippen molar-refractivity contribution in [3.05, 3.63) is 267 Å². The molecule has 3 heteroatoms. The average molecular weight is 905 g/mol. The average Bonchev–Trinajstić information content (AvgIpc) is 4.00. The largest absolute Gasteiger partial charge is 0.455 e. The molecule has 0 aliphatic rings. The highest BCUT2D eigenvalue weighted by Gasteiger charge is 2.18. The molecule has 0 N–H and O–H groups in total. The SMILES string of the molecule is c1cc(-c2ccc(N(c3ccc(-c4ccc(-c5cccc6ccccc56)cc4)cc3)c3ccc(-c4cccc5oc6c7ccccc7ccc6c45)cc3)cc2)cc(-n2c3ccccc3c3ccccc32)c1. The van der Waals surface area contributed by atoms with Crippen molar-refractivity contribution in [2.75, 3.05) is 4.90 Å². The molecule has 3 nitrogen and oxygen atoms in total. The van der Waals surface area contributed by atoms with E-state index in [0.29, 0.717) is 0 Å². The minimum absolute atomic E-state index is 0.892. The van der Waals surface area contributed by atoms with Gasteiger partial charge in [0.25, 0.3) is 0 Å². The molecule has 0 aliphatic carbocycles. The van der Waals surface area contributed by atoms with E-state index in [1.165, 1.54) is 60.2 Å². The Hall–Kier alpha value is -9.44. The number of furan rings is 1. The number of nitrogens with zero attached hydrogens (tertiary/aromatic N) is 2. The van der Waals surface area contributed by atoms with Gasteiger partial charge in [-0.1, -0.05) is 194 Å². The van der Waals surface area contributed by atoms with Crippen molar-refractivity contribution >= 4 is 82.4 Å². The topological polar surface area (TPSA) is 21.3 Å². The molecule has 0 fully saturated rings. The van der Waals surface area contributed by atoms with Crippen molar-refractivity contribution in [1.82, 2.24) is 4.57 Å². The summed E-state index contributed by atoms with van der Waals surface area (Å²) in [7, 11) is 0. The molecule has 0 saturated heterocycles. The number of rotatable bonds is 8. The van der Waals surface area contributed by atoms with Crippen LogP contribution in [0.5, 0.6) is 0 Å². The zero-order valence-corrected chi connectivity index (χ0v) is 38.7. The summed E-state index contributed by atoms with van der Waals surface area (Å²) in [6.45, 7) is 0. The third kappa shape index (κ3) is 6.89. The summed E-state index contributed by atoms with van der Waals surface area (Å²) in [5.41, 5.74) is 18.0. The van der Waals surface area contributed by atoms with Crippen LogP contribution in [0.1, 0.15) is 0 Å². The van der Waals surface area contributed by atoms with Crippen LogP contribution in [-0.4, -0.2) is 4.57 Å². The van der Waals surface area contributed by atoms with Crippen LogP contribution in [0.3, 0.4) is 0 Å². The molecule has 0 bridgehead atoms. The van der Waals surface area contributed by atoms with E-state index in [1.54, 1.807) is 0 Å². The Bertz CT molecular complexity index is 4250. The Morgan fingerprint density at radius 3 is 1.42 bits per heavy atom. The van der Waals surface area contributed by atoms with Gasteiger partial charge in [-0.25, -0.2) is 0 Å². The first-order chi connectivity index (χ1) is 35.2. The monoisotopic (exact) mass is 904 g/mol. The Morgan fingerprint density at radius 1 is 0.296 bits per heavy atom. The summed E-state index contributed by atoms with van der Waals surface area (Å²) in [5, 5.41) is 9.60. The maximum atomic E-state index is 6.58. The Balaban J connectivity index is 0.832. The third-order valence-corrected chi connectivity index (χ3v) is 14.4. The summed E-state index contributed by atoms with van der Waals surface area (Å²) >= 11 is 0. The van der Waals surface area contributed by atoms with E-state index in [-0.39, 0.29) is 0 Å². The van der Waals surface area contributed by atoms with Gasteiger partial charge in [-0.05, 0) is 133 Å². The molecule has 14 aromatic rings. The van der Waals surface area contributed by atoms with Crippen molar-refractivity contribution in [3.8, 4) is 50.2 Å². The molecule has 0 atom stereocenters. The van der Waals surface area contributed by atoms with Crippen LogP contribution >= 0.6 is 0 Å². The molecular formula is C68H44N2O. The summed E-state index contributed by atoms with van der Waals surface area (Å²) in [5.74, 6) is 0. The first-order valence-electron chi connectivity index (χ1n) is 24.3. The molecule has 0 radical (unpaired) electrons. The van der Waals surface area contributed by atoms with Crippen LogP contribution in [0, 0.1) is 0 Å². The van der Waals surface area contributed by atoms with Crippen LogP contribution in [0.2, 0.25) is 0 Å². The fourth-order valence-corrected chi connectivity index (χ4v) is 11.0. The van der Waals surface area contributed by atoms with Crippen molar-refractivity contribution in [2.45, 2.75) is 0 Å². The lowest BCUT2D eigenvalue weighted by atomic mass is 9.96. The Morgan fingerprint density at radius 2 is 0.761 bits per heavy atom. The number of aromatic nitrogens is 1. The van der Waals surface area contributed by atoms with Gasteiger partial charge in [0.05, 0.1) is 11.0 Å². The summed E-state index contributed by atoms with van der Waals surface area (Å²) in [4.78, 5) is 2.36. The zero-order valence-electron chi connectivity index (χ0n) is 38.7. The minimum atomic E-state index is 0.892. The molecule has 2 heterocycles. The van der Waals surface area contributed by atoms with Crippen LogP contribution in [0.15, 0.2) is 271 Å². The van der Waals surface area contributed by atoms with Gasteiger partial charge in [0.2, 0.25) is 0 Å². The van der Waals surface area contributed by atoms with Crippen molar-refractivity contribution in [1.29, 1.82) is 0 Å². The summed E-state index contributed by atoms with van der Waals surface area (Å²) < 4.78 is 8.96. The second-order valence-corrected chi connectivity index (χ2v) is 18.4. The highest BCUT2D eigenvalue weighted by Crippen LogP contribution is 2.43. The Labute approximate surface area is 411 Å². The highest BCUT2D eigenvalue weighted by molar-refractivity contribution is 6.19. The molecule has 0 aliphatic heterocycles. The molecule has 0 amide bonds. The molecule has 0 unspecified atom stereocenters. The quantitative estimate of drug-likeness (QED) is 0.151. The smallest absolute Gasteiger partial charge is 0.143 e. The standard InChI is InChI=1S/C68H44N2O/c1-3-17-57-48(12-1)14-10-21-58(57)50-28-26-45(27-29-50)46-30-37-53(38-31-46)69(55-41-34-51(35-42-55)59-22-11-25-66-67(59)63-43-36-49-13-2-4-18-60(49)68(63)71-66)54-39-32-47(33-40-54)52-15-9-16-56(44-52)70-64-23-7-5-19-61(64)62-20-6-8-24-65(62)70/h1-44H. The highest BCUT2D eigenvalue weighted by atomic mass is 16.3. The fourth-order valence-electron chi connectivity index (χ4n) is 11.0. The van der Waals surface area contributed by atoms with Gasteiger partial charge in [0, 0.05) is 49.7 Å². The molecule has 12 aromatic carbocycles. The molecule has 0 saturated carbocycles. The molecule has 71 heavy (non-hydrogen) atoms. The van der Waals surface area contributed by atoms with E-state index < -0.39 is 0 Å². The van der Waals surface area contributed by atoms with E-state index in [0.717, 1.165) is 72.3 Å². The maximum absolute atomic E-state index is 6.58. The third-order valence-electron chi connectivity index (χ3n) is 14.4. The van der Waals surface area contributed by atoms with Gasteiger partial charge in [-0.15, -0.1) is 0 Å². The summed E-state index contributed by atoms with van der Waals surface area (Å²) in [6, 6.07) is 96.6. The predicted octanol–water partition coefficient (Wildman–Crippen LogP) is 19.1. The lowest BCUT2D eigenvalue weighted by Gasteiger charge is -2.26. The van der Waals surface area contributed by atoms with E-state index in [2.05, 4.69) is 276 Å². The van der Waals surface area contributed by atoms with Gasteiger partial charge >= 0.3 is 0 Å². The van der Waals surface area contributed by atoms with E-state index in [4.69, 9.17) is 4.42 Å². The van der Waals surface area contributed by atoms with Crippen LogP contribution in [-0.2, 0) is 0 Å². The van der Waals surface area contributed by atoms with Crippen molar-refractivity contribution in [3.63, 3.8) is 0 Å². The number of benzene rings is 12. The second-order valence-electron chi connectivity index (χ2n) is 18.4. The minimum Gasteiger partial charge on any atom is -0.455 e. The van der Waals surface area contributed by atoms with Gasteiger partial charge < -0.3 is 13.9 Å². The lowest BCUT2D eigenvalue weighted by molar-refractivity contribution is 0.673. The van der Waals surface area contributed by atoms with Gasteiger partial charge in [-0.2, -0.15) is 0 Å². The predicted molar refractivity (Wildman–Crippen MR) is 299 cm³/mol. The number of hydrogen-bond acceptors (Lipinski definition) is 2. The normalized spacial score (nSPS) is 11.7. The molecule has 14 rings (SSSR count). The molecule has 2 aromatic heterocycles. The Kier molecular flexibility index (Phi) is 9.53. The van der Waals surface area contributed by atoms with Crippen molar-refractivity contribution < 1.29 is 4.42 Å². The lowest BCUT2D eigenvalue weighted by Crippen LogP contribution is -2.09. The fraction of sp³-hybridized carbons (Fsp3) is 0. The second kappa shape index (κ2) is 16.7. The van der Waals surface area contributed by atoms with Crippen molar-refractivity contribution in [2.24, 2.45) is 0 Å². The van der Waals surface area contributed by atoms with Crippen LogP contribution in [0.4, 0.5) is 17.1 Å². The number of fused-ring (bicyclic) bond motifs is 9. The van der Waals surface area contributed by atoms with Gasteiger partial charge in [0.1, 0.15) is 11.2 Å².